The minimum Gasteiger partial charge on any atom is -0.503 e. The molecule has 5 heteroatoms. The standard InChI is InChI=1S/C13H18BrNO3/c1-18-12-6-9(5-11(14)13(12)17)7-15-4-2-3-10(16)8-15/h5-6,10,16-17H,2-4,7-8H2,1H3. The molecule has 1 fully saturated rings. The minimum absolute atomic E-state index is 0.125. The predicted molar refractivity (Wildman–Crippen MR) is 72.9 cm³/mol. The van der Waals surface area contributed by atoms with Crippen LogP contribution in [0.15, 0.2) is 16.6 Å². The molecule has 2 rings (SSSR count). The second kappa shape index (κ2) is 5.91. The molecule has 100 valence electrons. The fourth-order valence-electron chi connectivity index (χ4n) is 2.31. The van der Waals surface area contributed by atoms with Gasteiger partial charge >= 0.3 is 0 Å². The maximum Gasteiger partial charge on any atom is 0.172 e. The molecule has 0 amide bonds. The van der Waals surface area contributed by atoms with Crippen LogP contribution in [0.25, 0.3) is 0 Å². The molecule has 1 aromatic carbocycles. The number of piperidine rings is 1. The Hall–Kier alpha value is -0.780. The van der Waals surface area contributed by atoms with Crippen molar-refractivity contribution in [3.8, 4) is 11.5 Å². The van der Waals surface area contributed by atoms with Crippen molar-refractivity contribution in [1.29, 1.82) is 0 Å². The summed E-state index contributed by atoms with van der Waals surface area (Å²) in [6.45, 7) is 2.46. The zero-order chi connectivity index (χ0) is 13.1. The molecule has 18 heavy (non-hydrogen) atoms. The monoisotopic (exact) mass is 315 g/mol. The highest BCUT2D eigenvalue weighted by Gasteiger charge is 2.18. The lowest BCUT2D eigenvalue weighted by atomic mass is 10.1. The lowest BCUT2D eigenvalue weighted by Crippen LogP contribution is -2.37. The van der Waals surface area contributed by atoms with Gasteiger partial charge in [-0.3, -0.25) is 4.90 Å². The Balaban J connectivity index is 2.11. The van der Waals surface area contributed by atoms with E-state index in [4.69, 9.17) is 4.74 Å². The summed E-state index contributed by atoms with van der Waals surface area (Å²) in [7, 11) is 1.54. The number of hydrogen-bond donors (Lipinski definition) is 2. The van der Waals surface area contributed by atoms with Gasteiger partial charge in [0.05, 0.1) is 17.7 Å². The smallest absolute Gasteiger partial charge is 0.172 e. The van der Waals surface area contributed by atoms with E-state index in [0.717, 1.165) is 31.5 Å². The maximum absolute atomic E-state index is 9.74. The predicted octanol–water partition coefficient (Wildman–Crippen LogP) is 2.12. The second-order valence-electron chi connectivity index (χ2n) is 4.66. The summed E-state index contributed by atoms with van der Waals surface area (Å²) in [4.78, 5) is 2.21. The number of benzene rings is 1. The van der Waals surface area contributed by atoms with Gasteiger partial charge < -0.3 is 14.9 Å². The Morgan fingerprint density at radius 1 is 1.50 bits per heavy atom. The van der Waals surface area contributed by atoms with Crippen LogP contribution in [-0.2, 0) is 6.54 Å². The van der Waals surface area contributed by atoms with Crippen molar-refractivity contribution in [1.82, 2.24) is 4.90 Å². The number of aliphatic hydroxyl groups is 1. The molecule has 1 unspecified atom stereocenters. The van der Waals surface area contributed by atoms with Crippen LogP contribution in [0.2, 0.25) is 0 Å². The lowest BCUT2D eigenvalue weighted by molar-refractivity contribution is 0.0668. The average Bonchev–Trinajstić information content (AvgIpc) is 2.33. The van der Waals surface area contributed by atoms with E-state index in [9.17, 15) is 10.2 Å². The van der Waals surface area contributed by atoms with Crippen LogP contribution < -0.4 is 4.74 Å². The summed E-state index contributed by atoms with van der Waals surface area (Å²) >= 11 is 3.32. The van der Waals surface area contributed by atoms with E-state index in [1.54, 1.807) is 0 Å². The fraction of sp³-hybridized carbons (Fsp3) is 0.538. The Kier molecular flexibility index (Phi) is 4.48. The fourth-order valence-corrected chi connectivity index (χ4v) is 2.80. The Morgan fingerprint density at radius 3 is 2.94 bits per heavy atom. The highest BCUT2D eigenvalue weighted by Crippen LogP contribution is 2.35. The molecule has 1 aromatic rings. The highest BCUT2D eigenvalue weighted by molar-refractivity contribution is 9.10. The van der Waals surface area contributed by atoms with Gasteiger partial charge in [0.25, 0.3) is 0 Å². The second-order valence-corrected chi connectivity index (χ2v) is 5.51. The minimum atomic E-state index is -0.221. The number of rotatable bonds is 3. The number of methoxy groups -OCH3 is 1. The van der Waals surface area contributed by atoms with Crippen molar-refractivity contribution >= 4 is 15.9 Å². The quantitative estimate of drug-likeness (QED) is 0.897. The van der Waals surface area contributed by atoms with E-state index in [2.05, 4.69) is 20.8 Å². The number of likely N-dealkylation sites (tertiary alicyclic amines) is 1. The molecule has 4 nitrogen and oxygen atoms in total. The largest absolute Gasteiger partial charge is 0.503 e. The molecule has 0 radical (unpaired) electrons. The molecule has 1 aliphatic rings. The van der Waals surface area contributed by atoms with Crippen molar-refractivity contribution in [3.63, 3.8) is 0 Å². The molecule has 2 N–H and O–H groups in total. The van der Waals surface area contributed by atoms with Crippen LogP contribution in [0, 0.1) is 0 Å². The highest BCUT2D eigenvalue weighted by atomic mass is 79.9. The molecular weight excluding hydrogens is 298 g/mol. The first-order valence-electron chi connectivity index (χ1n) is 6.06. The average molecular weight is 316 g/mol. The summed E-state index contributed by atoms with van der Waals surface area (Å²) in [5.41, 5.74) is 1.06. The van der Waals surface area contributed by atoms with Gasteiger partial charge in [-0.1, -0.05) is 0 Å². The summed E-state index contributed by atoms with van der Waals surface area (Å²) in [6, 6.07) is 3.72. The molecule has 0 aromatic heterocycles. The Bertz CT molecular complexity index is 425. The van der Waals surface area contributed by atoms with E-state index in [0.29, 0.717) is 16.8 Å². The van der Waals surface area contributed by atoms with Crippen LogP contribution in [0.3, 0.4) is 0 Å². The summed E-state index contributed by atoms with van der Waals surface area (Å²) in [5, 5.41) is 19.4. The Labute approximate surface area is 115 Å². The van der Waals surface area contributed by atoms with Crippen LogP contribution in [-0.4, -0.2) is 41.4 Å². The van der Waals surface area contributed by atoms with Gasteiger partial charge in [0, 0.05) is 13.1 Å². The molecule has 1 atom stereocenters. The molecule has 1 heterocycles. The van der Waals surface area contributed by atoms with Gasteiger partial charge in [-0.2, -0.15) is 0 Å². The van der Waals surface area contributed by atoms with E-state index < -0.39 is 0 Å². The van der Waals surface area contributed by atoms with Crippen LogP contribution >= 0.6 is 15.9 Å². The van der Waals surface area contributed by atoms with Crippen molar-refractivity contribution < 1.29 is 14.9 Å². The SMILES string of the molecule is COc1cc(CN2CCCC(O)C2)cc(Br)c1O. The number of β-amino-alcohol motifs (C(OH)–C–C–N with tert-alkyl or cyclic N) is 1. The van der Waals surface area contributed by atoms with Crippen molar-refractivity contribution in [3.05, 3.63) is 22.2 Å². The number of phenolic OH excluding ortho intramolecular Hbond substituents is 1. The summed E-state index contributed by atoms with van der Waals surface area (Å²) < 4.78 is 5.76. The molecule has 1 aliphatic heterocycles. The number of aromatic hydroxyl groups is 1. The summed E-state index contributed by atoms with van der Waals surface area (Å²) in [5.74, 6) is 0.594. The number of nitrogens with zero attached hydrogens (tertiary/aromatic N) is 1. The van der Waals surface area contributed by atoms with Crippen molar-refractivity contribution in [2.45, 2.75) is 25.5 Å². The zero-order valence-corrected chi connectivity index (χ0v) is 12.0. The van der Waals surface area contributed by atoms with Crippen LogP contribution in [0.4, 0.5) is 0 Å². The third kappa shape index (κ3) is 3.16. The Morgan fingerprint density at radius 2 is 2.28 bits per heavy atom. The van der Waals surface area contributed by atoms with Crippen LogP contribution in [0.1, 0.15) is 18.4 Å². The maximum atomic E-state index is 9.74. The number of aliphatic hydroxyl groups excluding tert-OH is 1. The van der Waals surface area contributed by atoms with Gasteiger partial charge in [0.1, 0.15) is 0 Å². The van der Waals surface area contributed by atoms with Crippen molar-refractivity contribution in [2.75, 3.05) is 20.2 Å². The third-order valence-corrected chi connectivity index (χ3v) is 3.80. The molecule has 0 saturated carbocycles. The van der Waals surface area contributed by atoms with E-state index in [-0.39, 0.29) is 11.9 Å². The first-order chi connectivity index (χ1) is 8.60. The zero-order valence-electron chi connectivity index (χ0n) is 10.4. The van der Waals surface area contributed by atoms with E-state index in [1.807, 2.05) is 12.1 Å². The van der Waals surface area contributed by atoms with E-state index in [1.165, 1.54) is 7.11 Å². The van der Waals surface area contributed by atoms with Crippen LogP contribution in [0.5, 0.6) is 11.5 Å². The molecule has 0 spiro atoms. The normalized spacial score (nSPS) is 20.9. The topological polar surface area (TPSA) is 52.9 Å². The number of phenols is 1. The number of ether oxygens (including phenoxy) is 1. The van der Waals surface area contributed by atoms with Gasteiger partial charge in [0.15, 0.2) is 11.5 Å². The van der Waals surface area contributed by atoms with Crippen molar-refractivity contribution in [2.24, 2.45) is 0 Å². The van der Waals surface area contributed by atoms with Gasteiger partial charge in [-0.15, -0.1) is 0 Å². The van der Waals surface area contributed by atoms with Gasteiger partial charge in [-0.25, -0.2) is 0 Å². The number of halogens is 1. The summed E-state index contributed by atoms with van der Waals surface area (Å²) in [6.07, 6.45) is 1.69. The molecule has 0 bridgehead atoms. The lowest BCUT2D eigenvalue weighted by Gasteiger charge is -2.30. The number of hydrogen-bond acceptors (Lipinski definition) is 4. The first-order valence-corrected chi connectivity index (χ1v) is 6.85. The van der Waals surface area contributed by atoms with Gasteiger partial charge in [0.2, 0.25) is 0 Å². The third-order valence-electron chi connectivity index (χ3n) is 3.19. The molecule has 1 saturated heterocycles. The van der Waals surface area contributed by atoms with E-state index >= 15 is 0 Å². The molecule has 0 aliphatic carbocycles. The first kappa shape index (κ1) is 13.6. The molecular formula is C13H18BrNO3. The van der Waals surface area contributed by atoms with Gasteiger partial charge in [-0.05, 0) is 53.0 Å².